The van der Waals surface area contributed by atoms with Crippen molar-refractivity contribution in [3.8, 4) is 5.75 Å². The Morgan fingerprint density at radius 3 is 2.59 bits per heavy atom. The van der Waals surface area contributed by atoms with E-state index >= 15 is 0 Å². The van der Waals surface area contributed by atoms with Crippen LogP contribution in [0.1, 0.15) is 39.9 Å². The fraction of sp³-hybridized carbons (Fsp3) is 0.400. The molecule has 5 rings (SSSR count). The first-order chi connectivity index (χ1) is 17.6. The Morgan fingerprint density at radius 2 is 1.89 bits per heavy atom. The average molecular weight is 515 g/mol. The number of ether oxygens (including phenoxy) is 2. The highest BCUT2D eigenvalue weighted by atomic mass is 19.1. The number of amides is 3. The minimum absolute atomic E-state index is 0.0627. The molecule has 1 atom stereocenters. The molecule has 0 spiro atoms. The fourth-order valence-electron chi connectivity index (χ4n) is 4.79. The molecule has 2 aromatic rings. The van der Waals surface area contributed by atoms with Crippen molar-refractivity contribution < 1.29 is 43.6 Å². The molecule has 3 heterocycles. The third-order valence-electron chi connectivity index (χ3n) is 6.84. The number of carbonyl (C=O) groups is 3. The zero-order valence-electron chi connectivity index (χ0n) is 19.8. The summed E-state index contributed by atoms with van der Waals surface area (Å²) < 4.78 is 25.7. The van der Waals surface area contributed by atoms with Crippen molar-refractivity contribution >= 4 is 17.7 Å². The maximum absolute atomic E-state index is 15.0. The molecule has 0 aliphatic carbocycles. The number of imide groups is 1. The first kappa shape index (κ1) is 25.2. The van der Waals surface area contributed by atoms with E-state index in [1.807, 2.05) is 5.32 Å². The van der Waals surface area contributed by atoms with Crippen molar-refractivity contribution in [3.63, 3.8) is 0 Å². The molecular weight excluding hydrogens is 489 g/mol. The van der Waals surface area contributed by atoms with Crippen LogP contribution in [-0.2, 0) is 33.4 Å². The second-order valence-corrected chi connectivity index (χ2v) is 9.28. The van der Waals surface area contributed by atoms with Gasteiger partial charge in [-0.05, 0) is 29.8 Å². The number of nitrogens with one attached hydrogen (secondary N) is 1. The Labute approximate surface area is 211 Å². The summed E-state index contributed by atoms with van der Waals surface area (Å²) in [5.41, 5.74) is -1.92. The molecule has 2 saturated heterocycles. The predicted molar refractivity (Wildman–Crippen MR) is 123 cm³/mol. The average Bonchev–Trinajstić information content (AvgIpc) is 3.20. The molecule has 4 N–H and O–H groups in total. The van der Waals surface area contributed by atoms with E-state index in [9.17, 15) is 34.1 Å². The highest BCUT2D eigenvalue weighted by molar-refractivity contribution is 6.06. The lowest BCUT2D eigenvalue weighted by Crippen LogP contribution is -2.63. The van der Waals surface area contributed by atoms with Crippen molar-refractivity contribution in [2.24, 2.45) is 0 Å². The highest BCUT2D eigenvalue weighted by Crippen LogP contribution is 2.38. The molecule has 196 valence electrons. The van der Waals surface area contributed by atoms with Gasteiger partial charge in [-0.25, -0.2) is 4.39 Å². The van der Waals surface area contributed by atoms with Gasteiger partial charge in [0.2, 0.25) is 11.6 Å². The number of hydrogen-bond donors (Lipinski definition) is 4. The summed E-state index contributed by atoms with van der Waals surface area (Å²) in [6.07, 6.45) is -0.456. The Hall–Kier alpha value is -3.42. The molecule has 2 fully saturated rings. The van der Waals surface area contributed by atoms with E-state index in [-0.39, 0.29) is 36.3 Å². The topological polar surface area (TPSA) is 149 Å². The Bertz CT molecular complexity index is 1260. The number of nitrogens with zero attached hydrogens (tertiary/aromatic N) is 2. The van der Waals surface area contributed by atoms with Crippen molar-refractivity contribution in [2.45, 2.75) is 37.6 Å². The molecule has 37 heavy (non-hydrogen) atoms. The van der Waals surface area contributed by atoms with E-state index in [0.717, 1.165) is 4.90 Å². The molecule has 0 bridgehead atoms. The van der Waals surface area contributed by atoms with Gasteiger partial charge in [-0.15, -0.1) is 0 Å². The van der Waals surface area contributed by atoms with Crippen LogP contribution in [0.3, 0.4) is 0 Å². The van der Waals surface area contributed by atoms with Crippen molar-refractivity contribution in [2.75, 3.05) is 26.3 Å². The van der Waals surface area contributed by atoms with Gasteiger partial charge in [0.1, 0.15) is 11.6 Å². The Balaban J connectivity index is 1.36. The van der Waals surface area contributed by atoms with Gasteiger partial charge in [0, 0.05) is 43.6 Å². The second kappa shape index (κ2) is 9.47. The summed E-state index contributed by atoms with van der Waals surface area (Å²) in [6, 6.07) is 8.19. The molecule has 0 saturated carbocycles. The second-order valence-electron chi connectivity index (χ2n) is 9.28. The summed E-state index contributed by atoms with van der Waals surface area (Å²) in [4.78, 5) is 39.9. The van der Waals surface area contributed by atoms with Crippen LogP contribution in [-0.4, -0.2) is 74.9 Å². The normalized spacial score (nSPS) is 22.7. The molecular formula is C25H26FN3O8. The lowest BCUT2D eigenvalue weighted by atomic mass is 10.00. The number of morpholine rings is 1. The van der Waals surface area contributed by atoms with Crippen LogP contribution >= 0.6 is 0 Å². The first-order valence-electron chi connectivity index (χ1n) is 11.8. The predicted octanol–water partition coefficient (Wildman–Crippen LogP) is -0.0872. The maximum Gasteiger partial charge on any atom is 0.354 e. The minimum atomic E-state index is -3.08. The molecule has 3 amide bonds. The molecule has 0 radical (unpaired) electrons. The smallest absolute Gasteiger partial charge is 0.354 e. The Kier molecular flexibility index (Phi) is 6.46. The number of rotatable bonds is 6. The number of carbonyl (C=O) groups excluding carboxylic acids is 3. The molecule has 2 aromatic carbocycles. The molecule has 3 aliphatic rings. The van der Waals surface area contributed by atoms with Gasteiger partial charge in [0.25, 0.3) is 11.8 Å². The number of halogens is 1. The summed E-state index contributed by atoms with van der Waals surface area (Å²) in [7, 11) is 0. The molecule has 1 unspecified atom stereocenters. The van der Waals surface area contributed by atoms with Crippen LogP contribution in [0.4, 0.5) is 4.39 Å². The first-order valence-corrected chi connectivity index (χ1v) is 11.8. The van der Waals surface area contributed by atoms with Gasteiger partial charge in [0.15, 0.2) is 0 Å². The number of hydrogen-bond acceptors (Lipinski definition) is 9. The van der Waals surface area contributed by atoms with Gasteiger partial charge in [-0.1, -0.05) is 12.1 Å². The van der Waals surface area contributed by atoms with Gasteiger partial charge < -0.3 is 24.8 Å². The lowest BCUT2D eigenvalue weighted by molar-refractivity contribution is -0.305. The molecule has 12 heteroatoms. The molecule has 0 aromatic heterocycles. The van der Waals surface area contributed by atoms with Crippen LogP contribution < -0.4 is 10.1 Å². The van der Waals surface area contributed by atoms with E-state index in [4.69, 9.17) is 9.47 Å². The molecule has 3 aliphatic heterocycles. The summed E-state index contributed by atoms with van der Waals surface area (Å²) in [6.45, 7) is 2.76. The van der Waals surface area contributed by atoms with Crippen molar-refractivity contribution in [3.05, 3.63) is 64.5 Å². The van der Waals surface area contributed by atoms with Crippen LogP contribution in [0.5, 0.6) is 5.75 Å². The molecule has 11 nitrogen and oxygen atoms in total. The van der Waals surface area contributed by atoms with E-state index in [1.165, 1.54) is 30.3 Å². The van der Waals surface area contributed by atoms with E-state index in [0.29, 0.717) is 38.4 Å². The van der Waals surface area contributed by atoms with Gasteiger partial charge in [-0.3, -0.25) is 29.5 Å². The van der Waals surface area contributed by atoms with Crippen LogP contribution in [0.25, 0.3) is 0 Å². The third kappa shape index (κ3) is 4.69. The van der Waals surface area contributed by atoms with Crippen molar-refractivity contribution in [1.29, 1.82) is 0 Å². The maximum atomic E-state index is 15.0. The van der Waals surface area contributed by atoms with Gasteiger partial charge in [-0.2, -0.15) is 0 Å². The zero-order valence-corrected chi connectivity index (χ0v) is 19.8. The number of benzene rings is 2. The zero-order chi connectivity index (χ0) is 26.4. The minimum Gasteiger partial charge on any atom is -0.435 e. The van der Waals surface area contributed by atoms with Gasteiger partial charge >= 0.3 is 5.97 Å². The van der Waals surface area contributed by atoms with E-state index in [2.05, 4.69) is 4.90 Å². The third-order valence-corrected chi connectivity index (χ3v) is 6.84. The van der Waals surface area contributed by atoms with Crippen LogP contribution in [0.15, 0.2) is 36.4 Å². The van der Waals surface area contributed by atoms with Crippen LogP contribution in [0.2, 0.25) is 0 Å². The summed E-state index contributed by atoms with van der Waals surface area (Å²) in [5.74, 6) is -6.41. The number of fused-ring (bicyclic) bond motifs is 1. The summed E-state index contributed by atoms with van der Waals surface area (Å²) in [5, 5.41) is 34.3. The van der Waals surface area contributed by atoms with Gasteiger partial charge in [0.05, 0.1) is 25.3 Å². The quantitative estimate of drug-likeness (QED) is 0.306. The standard InChI is InChI=1S/C25H26FN3O8/c26-19-12-15(13-28-8-10-36-11-9-28)4-5-18(19)25(34,35)37-20-3-1-2-16-17(20)14-29(22(16)31)24(33)7-6-21(30)27-23(24)32/h1-5,12,33-35H,6-11,13-14H2,(H,27,30,32). The highest BCUT2D eigenvalue weighted by Gasteiger charge is 2.51. The Morgan fingerprint density at radius 1 is 1.14 bits per heavy atom. The lowest BCUT2D eigenvalue weighted by Gasteiger charge is -2.37. The largest absolute Gasteiger partial charge is 0.435 e. The SMILES string of the molecule is O=C1CCC(O)(N2Cc3c(OC(O)(O)c4ccc(CN5CCOCC5)cc4F)cccc3C2=O)C(=O)N1. The van der Waals surface area contributed by atoms with Crippen LogP contribution in [0, 0.1) is 5.82 Å². The van der Waals surface area contributed by atoms with E-state index < -0.39 is 40.8 Å². The summed E-state index contributed by atoms with van der Waals surface area (Å²) >= 11 is 0. The fourth-order valence-corrected chi connectivity index (χ4v) is 4.79. The monoisotopic (exact) mass is 515 g/mol. The van der Waals surface area contributed by atoms with E-state index in [1.54, 1.807) is 6.07 Å². The number of aliphatic hydroxyl groups is 3. The number of piperidine rings is 1. The van der Waals surface area contributed by atoms with Crippen molar-refractivity contribution in [1.82, 2.24) is 15.1 Å².